The molecule has 2 unspecified atom stereocenters. The number of ketones is 1. The van der Waals surface area contributed by atoms with Crippen molar-refractivity contribution in [2.75, 3.05) is 20.3 Å². The summed E-state index contributed by atoms with van der Waals surface area (Å²) in [6, 6.07) is 14.1. The van der Waals surface area contributed by atoms with Crippen LogP contribution in [0.4, 0.5) is 0 Å². The minimum atomic E-state index is -0.689. The van der Waals surface area contributed by atoms with E-state index in [2.05, 4.69) is 6.92 Å². The first kappa shape index (κ1) is 21.1. The molecular formula is C25H27NO5. The third-order valence-electron chi connectivity index (χ3n) is 6.03. The highest BCUT2D eigenvalue weighted by Gasteiger charge is 2.47. The Bertz CT molecular complexity index is 1000. The van der Waals surface area contributed by atoms with E-state index >= 15 is 0 Å². The van der Waals surface area contributed by atoms with E-state index in [0.717, 1.165) is 30.4 Å². The van der Waals surface area contributed by atoms with Crippen molar-refractivity contribution in [3.8, 4) is 5.75 Å². The topological polar surface area (TPSA) is 76.1 Å². The van der Waals surface area contributed by atoms with Crippen molar-refractivity contribution in [1.82, 2.24) is 4.90 Å². The summed E-state index contributed by atoms with van der Waals surface area (Å²) in [6.07, 6.45) is 2.56. The van der Waals surface area contributed by atoms with E-state index in [1.54, 1.807) is 29.2 Å². The maximum absolute atomic E-state index is 13.1. The molecule has 0 saturated carbocycles. The summed E-state index contributed by atoms with van der Waals surface area (Å²) in [4.78, 5) is 27.7. The molecule has 0 bridgehead atoms. The van der Waals surface area contributed by atoms with Gasteiger partial charge >= 0.3 is 0 Å². The van der Waals surface area contributed by atoms with Crippen LogP contribution in [0.2, 0.25) is 0 Å². The number of benzene rings is 2. The molecule has 4 rings (SSSR count). The zero-order valence-corrected chi connectivity index (χ0v) is 17.8. The Hall–Kier alpha value is -3.12. The summed E-state index contributed by atoms with van der Waals surface area (Å²) in [5, 5.41) is 11.2. The van der Waals surface area contributed by atoms with E-state index in [9.17, 15) is 14.7 Å². The number of rotatable bonds is 6. The van der Waals surface area contributed by atoms with Crippen LogP contribution in [0, 0.1) is 0 Å². The summed E-state index contributed by atoms with van der Waals surface area (Å²) >= 11 is 0. The number of likely N-dealkylation sites (tertiary alicyclic amines) is 1. The molecule has 2 atom stereocenters. The molecule has 2 aliphatic rings. The summed E-state index contributed by atoms with van der Waals surface area (Å²) in [6.45, 7) is 3.04. The Labute approximate surface area is 182 Å². The minimum absolute atomic E-state index is 0.0803. The lowest BCUT2D eigenvalue weighted by atomic mass is 9.94. The first-order chi connectivity index (χ1) is 15.0. The van der Waals surface area contributed by atoms with E-state index in [1.165, 1.54) is 7.11 Å². The predicted octanol–water partition coefficient (Wildman–Crippen LogP) is 3.86. The van der Waals surface area contributed by atoms with Gasteiger partial charge in [-0.1, -0.05) is 43.3 Å². The third-order valence-corrected chi connectivity index (χ3v) is 6.03. The molecule has 2 saturated heterocycles. The number of aliphatic hydroxyl groups is 1. The number of carbonyl (C=O) groups is 2. The second-order valence-electron chi connectivity index (χ2n) is 7.88. The van der Waals surface area contributed by atoms with Gasteiger partial charge in [-0.15, -0.1) is 0 Å². The average Bonchev–Trinajstić information content (AvgIpc) is 3.41. The second-order valence-corrected chi connectivity index (χ2v) is 7.88. The molecule has 2 aliphatic heterocycles. The van der Waals surface area contributed by atoms with Gasteiger partial charge in [-0.25, -0.2) is 0 Å². The molecule has 6 heteroatoms. The van der Waals surface area contributed by atoms with Crippen LogP contribution in [0.3, 0.4) is 0 Å². The summed E-state index contributed by atoms with van der Waals surface area (Å²) in [5.41, 5.74) is 2.41. The lowest BCUT2D eigenvalue weighted by Crippen LogP contribution is -2.36. The van der Waals surface area contributed by atoms with Gasteiger partial charge in [0, 0.05) is 13.2 Å². The summed E-state index contributed by atoms with van der Waals surface area (Å²) < 4.78 is 11.1. The van der Waals surface area contributed by atoms with E-state index in [0.29, 0.717) is 24.5 Å². The molecule has 0 aromatic heterocycles. The molecule has 2 aromatic rings. The van der Waals surface area contributed by atoms with Gasteiger partial charge < -0.3 is 19.5 Å². The summed E-state index contributed by atoms with van der Waals surface area (Å²) in [5.74, 6) is -1.09. The highest BCUT2D eigenvalue weighted by atomic mass is 16.5. The van der Waals surface area contributed by atoms with E-state index in [4.69, 9.17) is 9.47 Å². The number of para-hydroxylation sites is 1. The van der Waals surface area contributed by atoms with Gasteiger partial charge in [0.05, 0.1) is 30.4 Å². The Morgan fingerprint density at radius 1 is 1.16 bits per heavy atom. The van der Waals surface area contributed by atoms with Crippen LogP contribution in [0.1, 0.15) is 42.5 Å². The number of hydrogen-bond donors (Lipinski definition) is 1. The maximum Gasteiger partial charge on any atom is 0.295 e. The number of aliphatic hydroxyl groups excluding tert-OH is 1. The fraction of sp³-hybridized carbons (Fsp3) is 0.360. The lowest BCUT2D eigenvalue weighted by Gasteiger charge is -2.27. The zero-order valence-electron chi connectivity index (χ0n) is 17.8. The molecule has 2 aromatic carbocycles. The highest BCUT2D eigenvalue weighted by molar-refractivity contribution is 6.46. The lowest BCUT2D eigenvalue weighted by molar-refractivity contribution is -0.140. The zero-order chi connectivity index (χ0) is 22.0. The van der Waals surface area contributed by atoms with E-state index < -0.39 is 17.7 Å². The van der Waals surface area contributed by atoms with Crippen LogP contribution in [0.15, 0.2) is 54.1 Å². The van der Waals surface area contributed by atoms with Gasteiger partial charge in [0.2, 0.25) is 0 Å². The van der Waals surface area contributed by atoms with Crippen molar-refractivity contribution in [3.05, 3.63) is 70.8 Å². The van der Waals surface area contributed by atoms with Crippen molar-refractivity contribution in [2.45, 2.75) is 38.3 Å². The van der Waals surface area contributed by atoms with Crippen molar-refractivity contribution in [1.29, 1.82) is 0 Å². The highest BCUT2D eigenvalue weighted by Crippen LogP contribution is 2.41. The molecule has 2 heterocycles. The molecule has 1 N–H and O–H groups in total. The fourth-order valence-electron chi connectivity index (χ4n) is 4.34. The molecular weight excluding hydrogens is 394 g/mol. The number of nitrogens with zero attached hydrogens (tertiary/aromatic N) is 1. The molecule has 1 amide bonds. The second kappa shape index (κ2) is 8.94. The van der Waals surface area contributed by atoms with Crippen molar-refractivity contribution < 1.29 is 24.2 Å². The van der Waals surface area contributed by atoms with Crippen LogP contribution >= 0.6 is 0 Å². The monoisotopic (exact) mass is 421 g/mol. The fourth-order valence-corrected chi connectivity index (χ4v) is 4.34. The van der Waals surface area contributed by atoms with Gasteiger partial charge in [-0.05, 0) is 42.5 Å². The number of ether oxygens (including phenoxy) is 2. The van der Waals surface area contributed by atoms with Gasteiger partial charge in [0.1, 0.15) is 11.5 Å². The van der Waals surface area contributed by atoms with Crippen LogP contribution in [0.25, 0.3) is 5.76 Å². The Morgan fingerprint density at radius 3 is 2.55 bits per heavy atom. The number of Topliss-reactive ketones (excluding diaryl/α,β-unsaturated/α-hetero) is 1. The number of amides is 1. The Morgan fingerprint density at radius 2 is 1.90 bits per heavy atom. The van der Waals surface area contributed by atoms with Gasteiger partial charge in [0.15, 0.2) is 0 Å². The Balaban J connectivity index is 1.84. The molecule has 0 radical (unpaired) electrons. The minimum Gasteiger partial charge on any atom is -0.507 e. The number of aryl methyl sites for hydroxylation is 1. The first-order valence-corrected chi connectivity index (χ1v) is 10.7. The smallest absolute Gasteiger partial charge is 0.295 e. The van der Waals surface area contributed by atoms with Crippen molar-refractivity contribution in [2.24, 2.45) is 0 Å². The van der Waals surface area contributed by atoms with Gasteiger partial charge in [0.25, 0.3) is 11.7 Å². The number of carbonyl (C=O) groups excluding carboxylic acids is 2. The summed E-state index contributed by atoms with van der Waals surface area (Å²) in [7, 11) is 1.50. The van der Waals surface area contributed by atoms with Crippen LogP contribution < -0.4 is 4.74 Å². The maximum atomic E-state index is 13.1. The van der Waals surface area contributed by atoms with Crippen molar-refractivity contribution in [3.63, 3.8) is 0 Å². The van der Waals surface area contributed by atoms with Gasteiger partial charge in [-0.2, -0.15) is 0 Å². The number of methoxy groups -OCH3 is 1. The number of hydrogen-bond acceptors (Lipinski definition) is 5. The SMILES string of the molecule is CCc1ccc(C2/C(=C(/O)c3ccccc3OC)C(=O)C(=O)N2CC2CCCO2)cc1. The standard InChI is InChI=1S/C25H27NO5/c1-3-16-10-12-17(13-11-16)22-21(23(27)19-8-4-5-9-20(19)30-2)24(28)25(29)26(22)15-18-7-6-14-31-18/h4-5,8-13,18,22,27H,3,6-7,14-15H2,1-2H3/b23-21-. The molecule has 162 valence electrons. The largest absolute Gasteiger partial charge is 0.507 e. The molecule has 0 spiro atoms. The molecule has 31 heavy (non-hydrogen) atoms. The third kappa shape index (κ3) is 3.95. The first-order valence-electron chi connectivity index (χ1n) is 10.7. The van der Waals surface area contributed by atoms with E-state index in [-0.39, 0.29) is 17.4 Å². The van der Waals surface area contributed by atoms with E-state index in [1.807, 2.05) is 24.3 Å². The van der Waals surface area contributed by atoms with Crippen LogP contribution in [-0.2, 0) is 20.7 Å². The van der Waals surface area contributed by atoms with Gasteiger partial charge in [-0.3, -0.25) is 9.59 Å². The normalized spacial score (nSPS) is 22.8. The average molecular weight is 421 g/mol. The van der Waals surface area contributed by atoms with Crippen LogP contribution in [-0.4, -0.2) is 48.1 Å². The predicted molar refractivity (Wildman–Crippen MR) is 117 cm³/mol. The molecule has 6 nitrogen and oxygen atoms in total. The quantitative estimate of drug-likeness (QED) is 0.436. The molecule has 2 fully saturated rings. The Kier molecular flexibility index (Phi) is 6.09. The molecule has 0 aliphatic carbocycles. The van der Waals surface area contributed by atoms with Crippen LogP contribution in [0.5, 0.6) is 5.75 Å². The van der Waals surface area contributed by atoms with Crippen molar-refractivity contribution >= 4 is 17.4 Å².